The van der Waals surface area contributed by atoms with Gasteiger partial charge in [0.15, 0.2) is 5.96 Å². The zero-order valence-corrected chi connectivity index (χ0v) is 34.2. The minimum Gasteiger partial charge on any atom is -0.480 e. The normalized spacial score (nSPS) is 22.2. The molecule has 59 heavy (non-hydrogen) atoms. The van der Waals surface area contributed by atoms with Crippen LogP contribution in [0.25, 0.3) is 10.9 Å². The van der Waals surface area contributed by atoms with Crippen molar-refractivity contribution in [2.45, 2.75) is 121 Å². The van der Waals surface area contributed by atoms with Crippen LogP contribution in [0.1, 0.15) is 83.6 Å². The van der Waals surface area contributed by atoms with Gasteiger partial charge < -0.3 is 58.4 Å². The van der Waals surface area contributed by atoms with Gasteiger partial charge >= 0.3 is 5.97 Å². The van der Waals surface area contributed by atoms with Crippen LogP contribution in [0.5, 0.6) is 0 Å². The Morgan fingerprint density at radius 3 is 2.46 bits per heavy atom. The number of nitrogens with one attached hydrogen (secondary N) is 7. The van der Waals surface area contributed by atoms with Crippen LogP contribution >= 0.6 is 0 Å². The average molecular weight is 824 g/mol. The van der Waals surface area contributed by atoms with Gasteiger partial charge in [-0.1, -0.05) is 32.0 Å². The number of H-pyrrole nitrogens is 1. The molecule has 6 amide bonds. The van der Waals surface area contributed by atoms with E-state index in [9.17, 15) is 38.7 Å². The molecular formula is C40H61N11O8. The van der Waals surface area contributed by atoms with Gasteiger partial charge in [-0.2, -0.15) is 0 Å². The number of aromatic amines is 1. The molecule has 12 N–H and O–H groups in total. The molecule has 2 fully saturated rings. The highest BCUT2D eigenvalue weighted by molar-refractivity contribution is 5.97. The fraction of sp³-hybridized carbons (Fsp3) is 0.600. The molecule has 0 aliphatic carbocycles. The van der Waals surface area contributed by atoms with E-state index in [2.05, 4.69) is 41.9 Å². The van der Waals surface area contributed by atoms with E-state index in [0.717, 1.165) is 10.9 Å². The van der Waals surface area contributed by atoms with E-state index in [1.807, 2.05) is 38.1 Å². The first kappa shape index (κ1) is 46.0. The number of aliphatic carboxylic acids is 1. The molecule has 3 heterocycles. The van der Waals surface area contributed by atoms with Crippen molar-refractivity contribution in [3.05, 3.63) is 36.0 Å². The number of nitrogens with two attached hydrogens (primary N) is 2. The highest BCUT2D eigenvalue weighted by atomic mass is 16.4. The number of carboxylic acids is 1. The van der Waals surface area contributed by atoms with Crippen LogP contribution in [0.4, 0.5) is 0 Å². The lowest BCUT2D eigenvalue weighted by Gasteiger charge is -2.31. The summed E-state index contributed by atoms with van der Waals surface area (Å²) in [6.45, 7) is 4.44. The van der Waals surface area contributed by atoms with Crippen molar-refractivity contribution in [2.75, 3.05) is 26.7 Å². The van der Waals surface area contributed by atoms with Crippen molar-refractivity contribution in [3.63, 3.8) is 0 Å². The number of carbonyl (C=O) groups is 7. The topological polar surface area (TPSA) is 295 Å². The van der Waals surface area contributed by atoms with E-state index in [1.165, 1.54) is 4.90 Å². The number of nitrogens with zero attached hydrogens (tertiary/aromatic N) is 2. The number of aromatic nitrogens is 1. The Hall–Kier alpha value is -5.72. The number of benzene rings is 1. The molecular weight excluding hydrogens is 763 g/mol. The summed E-state index contributed by atoms with van der Waals surface area (Å²) >= 11 is 0. The summed E-state index contributed by atoms with van der Waals surface area (Å²) in [5.41, 5.74) is 12.4. The van der Waals surface area contributed by atoms with Crippen LogP contribution in [0.15, 0.2) is 35.5 Å². The van der Waals surface area contributed by atoms with E-state index >= 15 is 0 Å². The van der Waals surface area contributed by atoms with Crippen molar-refractivity contribution in [3.8, 4) is 0 Å². The molecule has 0 spiro atoms. The van der Waals surface area contributed by atoms with Gasteiger partial charge in [0.25, 0.3) is 0 Å². The molecule has 1 aromatic heterocycles. The summed E-state index contributed by atoms with van der Waals surface area (Å²) in [5, 5.41) is 27.4. The Kier molecular flexibility index (Phi) is 17.5. The molecule has 0 unspecified atom stereocenters. The smallest absolute Gasteiger partial charge is 0.326 e. The second-order valence-electron chi connectivity index (χ2n) is 15.6. The molecule has 0 saturated carbocycles. The summed E-state index contributed by atoms with van der Waals surface area (Å²) in [7, 11) is 1.64. The molecule has 19 heteroatoms. The van der Waals surface area contributed by atoms with Gasteiger partial charge in [-0.3, -0.25) is 33.8 Å². The van der Waals surface area contributed by atoms with Gasteiger partial charge in [-0.05, 0) is 82.4 Å². The Bertz CT molecular complexity index is 1830. The summed E-state index contributed by atoms with van der Waals surface area (Å²) in [5.74, 6) is -4.71. The summed E-state index contributed by atoms with van der Waals surface area (Å²) in [6.07, 6.45) is 4.36. The van der Waals surface area contributed by atoms with Crippen molar-refractivity contribution >= 4 is 58.3 Å². The van der Waals surface area contributed by atoms with Crippen LogP contribution in [0.2, 0.25) is 0 Å². The quantitative estimate of drug-likeness (QED) is 0.0658. The predicted molar refractivity (Wildman–Crippen MR) is 220 cm³/mol. The number of likely N-dealkylation sites (N-methyl/N-ethyl adjacent to an activating group) is 1. The van der Waals surface area contributed by atoms with Gasteiger partial charge in [-0.15, -0.1) is 0 Å². The third-order valence-electron chi connectivity index (χ3n) is 10.7. The molecule has 2 aliphatic heterocycles. The van der Waals surface area contributed by atoms with Gasteiger partial charge in [0.1, 0.15) is 30.2 Å². The van der Waals surface area contributed by atoms with Gasteiger partial charge in [0.2, 0.25) is 35.4 Å². The largest absolute Gasteiger partial charge is 0.480 e. The summed E-state index contributed by atoms with van der Waals surface area (Å²) in [4.78, 5) is 104. The lowest BCUT2D eigenvalue weighted by molar-refractivity contribution is -0.143. The minimum atomic E-state index is -1.31. The van der Waals surface area contributed by atoms with E-state index in [1.54, 1.807) is 13.2 Å². The standard InChI is InChI=1S/C40H61N11O8/c1-23(2)20-31(39(58)59)50-35(54)28-15-16-33(52)44-17-7-6-12-29(48-34(53)27(43-3)13-8-18-45-40(41)42)38(57)51-19-9-14-32(51)37(56)49-30(36(55)47-28)21-24-22-46-26-11-5-4-10-25(24)26/h4-5,10-11,22-23,27-32,43,46H,6-9,12-21H2,1-3H3,(H,44,52)(H,47,55)(H,48,53)(H,49,56)(H,50,54)(H,58,59)(H4,41,42,45)/t27-,28+,29+,30-,31-,32-/m0/s1. The highest BCUT2D eigenvalue weighted by Crippen LogP contribution is 2.23. The van der Waals surface area contributed by atoms with Crippen LogP contribution in [0, 0.1) is 5.92 Å². The van der Waals surface area contributed by atoms with E-state index < -0.39 is 77.7 Å². The zero-order valence-electron chi connectivity index (χ0n) is 34.2. The third-order valence-corrected chi connectivity index (χ3v) is 10.7. The molecule has 6 atom stereocenters. The average Bonchev–Trinajstić information content (AvgIpc) is 3.85. The molecule has 0 radical (unpaired) electrons. The predicted octanol–water partition coefficient (Wildman–Crippen LogP) is -0.507. The van der Waals surface area contributed by atoms with E-state index in [4.69, 9.17) is 11.5 Å². The van der Waals surface area contributed by atoms with Gasteiger partial charge in [0, 0.05) is 49.6 Å². The number of fused-ring (bicyclic) bond motifs is 2. The molecule has 19 nitrogen and oxygen atoms in total. The minimum absolute atomic E-state index is 0.00451. The first-order valence-corrected chi connectivity index (χ1v) is 20.5. The molecule has 2 aliphatic rings. The van der Waals surface area contributed by atoms with E-state index in [-0.39, 0.29) is 57.1 Å². The van der Waals surface area contributed by atoms with Crippen LogP contribution in [0.3, 0.4) is 0 Å². The number of rotatable bonds is 14. The number of hydrogen-bond donors (Lipinski definition) is 10. The molecule has 0 bridgehead atoms. The molecule has 2 saturated heterocycles. The molecule has 4 rings (SSSR count). The summed E-state index contributed by atoms with van der Waals surface area (Å²) < 4.78 is 0. The zero-order chi connectivity index (χ0) is 43.1. The van der Waals surface area contributed by atoms with Crippen LogP contribution < -0.4 is 43.4 Å². The Morgan fingerprint density at radius 2 is 1.75 bits per heavy atom. The lowest BCUT2D eigenvalue weighted by Crippen LogP contribution is -2.59. The SMILES string of the molecule is CN[C@@H](CCCN=C(N)N)C(=O)N[C@@H]1CCCCNC(=O)CC[C@H](C(=O)N[C@@H](CC(C)C)C(=O)O)NC(=O)[C@H](Cc2c[nH]c3ccccc23)NC(=O)[C@@H]2CCCN2C1=O. The Labute approximate surface area is 344 Å². The maximum Gasteiger partial charge on any atom is 0.326 e. The van der Waals surface area contributed by atoms with Crippen molar-refractivity contribution in [2.24, 2.45) is 22.4 Å². The number of carbonyl (C=O) groups excluding carboxylic acids is 6. The molecule has 324 valence electrons. The second kappa shape index (κ2) is 22.4. The van der Waals surface area contributed by atoms with E-state index in [0.29, 0.717) is 50.6 Å². The number of carboxylic acid groups (broad SMARTS) is 1. The highest BCUT2D eigenvalue weighted by Gasteiger charge is 2.40. The monoisotopic (exact) mass is 823 g/mol. The fourth-order valence-corrected chi connectivity index (χ4v) is 7.51. The fourth-order valence-electron chi connectivity index (χ4n) is 7.51. The first-order valence-electron chi connectivity index (χ1n) is 20.5. The first-order chi connectivity index (χ1) is 28.2. The Balaban J connectivity index is 1.63. The number of para-hydroxylation sites is 1. The third kappa shape index (κ3) is 13.7. The maximum atomic E-state index is 14.3. The van der Waals surface area contributed by atoms with Crippen molar-refractivity contribution in [1.29, 1.82) is 0 Å². The van der Waals surface area contributed by atoms with Gasteiger partial charge in [0.05, 0.1) is 6.04 Å². The second-order valence-corrected chi connectivity index (χ2v) is 15.6. The summed E-state index contributed by atoms with van der Waals surface area (Å²) in [6, 6.07) is 1.04. The lowest BCUT2D eigenvalue weighted by atomic mass is 10.0. The van der Waals surface area contributed by atoms with Crippen molar-refractivity contribution < 1.29 is 38.7 Å². The van der Waals surface area contributed by atoms with Crippen LogP contribution in [-0.2, 0) is 40.0 Å². The van der Waals surface area contributed by atoms with Gasteiger partial charge in [-0.25, -0.2) is 4.79 Å². The number of aliphatic imine (C=N–C) groups is 1. The van der Waals surface area contributed by atoms with Crippen molar-refractivity contribution in [1.82, 2.24) is 41.8 Å². The van der Waals surface area contributed by atoms with Crippen LogP contribution in [-0.4, -0.2) is 125 Å². The molecule has 1 aromatic carbocycles. The number of guanidine groups is 1. The number of amides is 6. The number of hydrogen-bond acceptors (Lipinski definition) is 9. The Morgan fingerprint density at radius 1 is 0.983 bits per heavy atom. The maximum absolute atomic E-state index is 14.3. The molecule has 2 aromatic rings.